The maximum absolute atomic E-state index is 12.2. The number of carboxylic acid groups (broad SMARTS) is 1. The average molecular weight is 372 g/mol. The molecule has 7 heteroatoms. The van der Waals surface area contributed by atoms with E-state index in [4.69, 9.17) is 9.84 Å². The molecule has 3 N–H and O–H groups in total. The lowest BCUT2D eigenvalue weighted by molar-refractivity contribution is -0.139. The van der Waals surface area contributed by atoms with E-state index >= 15 is 0 Å². The average Bonchev–Trinajstić information content (AvgIpc) is 2.63. The maximum atomic E-state index is 12.2. The van der Waals surface area contributed by atoms with Crippen LogP contribution in [0.4, 0.5) is 5.69 Å². The van der Waals surface area contributed by atoms with Crippen LogP contribution >= 0.6 is 0 Å². The van der Waals surface area contributed by atoms with E-state index in [2.05, 4.69) is 10.6 Å². The fourth-order valence-electron chi connectivity index (χ4n) is 2.71. The molecule has 0 atom stereocenters. The highest BCUT2D eigenvalue weighted by atomic mass is 16.5. The van der Waals surface area contributed by atoms with E-state index in [1.54, 1.807) is 12.1 Å². The minimum Gasteiger partial charge on any atom is -0.481 e. The number of hydrogen-bond donors (Lipinski definition) is 3. The number of nitrogens with one attached hydrogen (secondary N) is 2. The number of ether oxygens (including phenoxy) is 1. The highest BCUT2D eigenvalue weighted by Crippen LogP contribution is 2.31. The molecule has 27 heavy (non-hydrogen) atoms. The molecule has 0 radical (unpaired) electrons. The van der Waals surface area contributed by atoms with Gasteiger partial charge in [-0.3, -0.25) is 9.59 Å². The summed E-state index contributed by atoms with van der Waals surface area (Å²) in [7, 11) is 0. The van der Waals surface area contributed by atoms with E-state index in [9.17, 15) is 14.4 Å². The molecule has 0 spiro atoms. The topological polar surface area (TPSA) is 105 Å². The first kappa shape index (κ1) is 20.2. The summed E-state index contributed by atoms with van der Waals surface area (Å²) < 4.78 is 5.32. The Morgan fingerprint density at radius 3 is 2.44 bits per heavy atom. The summed E-state index contributed by atoms with van der Waals surface area (Å²) in [6, 6.07) is 10.7. The third kappa shape index (κ3) is 6.62. The van der Waals surface area contributed by atoms with Gasteiger partial charge in [-0.1, -0.05) is 30.7 Å². The Morgan fingerprint density at radius 2 is 1.74 bits per heavy atom. The summed E-state index contributed by atoms with van der Waals surface area (Å²) >= 11 is 0. The molecule has 0 saturated carbocycles. The molecule has 0 aromatic heterocycles. The maximum Gasteiger partial charge on any atom is 0.341 e. The number of aliphatic carboxylic acids is 1. The number of carboxylic acids is 1. The molecule has 2 aromatic rings. The van der Waals surface area contributed by atoms with E-state index in [-0.39, 0.29) is 11.8 Å². The molecule has 0 aliphatic carbocycles. The largest absolute Gasteiger partial charge is 0.481 e. The summed E-state index contributed by atoms with van der Waals surface area (Å²) in [6.45, 7) is 1.68. The second-order valence-electron chi connectivity index (χ2n) is 6.18. The van der Waals surface area contributed by atoms with Crippen LogP contribution in [0.5, 0.6) is 5.75 Å². The molecule has 2 aromatic carbocycles. The standard InChI is InChI=1S/C20H24N2O5/c1-14(23)21-12-6-2-3-9-19(24)22-17-10-11-18(27-13-20(25)26)16-8-5-4-7-15(16)17/h4-5,7-8,10-11H,2-3,6,9,12-13H2,1H3,(H,21,23)(H,22,24)(H,25,26). The van der Waals surface area contributed by atoms with Crippen LogP contribution in [0.15, 0.2) is 36.4 Å². The van der Waals surface area contributed by atoms with E-state index < -0.39 is 12.6 Å². The normalized spacial score (nSPS) is 10.4. The van der Waals surface area contributed by atoms with Gasteiger partial charge < -0.3 is 20.5 Å². The van der Waals surface area contributed by atoms with Gasteiger partial charge in [0.25, 0.3) is 0 Å². The van der Waals surface area contributed by atoms with Crippen molar-refractivity contribution in [2.45, 2.75) is 32.6 Å². The number of hydrogen-bond acceptors (Lipinski definition) is 4. The zero-order valence-electron chi connectivity index (χ0n) is 15.3. The van der Waals surface area contributed by atoms with Crippen molar-refractivity contribution in [3.05, 3.63) is 36.4 Å². The first-order valence-electron chi connectivity index (χ1n) is 8.88. The van der Waals surface area contributed by atoms with Gasteiger partial charge in [0, 0.05) is 36.3 Å². The highest BCUT2D eigenvalue weighted by Gasteiger charge is 2.10. The molecule has 0 fully saturated rings. The Morgan fingerprint density at radius 1 is 1.00 bits per heavy atom. The molecular weight excluding hydrogens is 348 g/mol. The Labute approximate surface area is 157 Å². The number of carbonyl (C=O) groups excluding carboxylic acids is 2. The van der Waals surface area contributed by atoms with Gasteiger partial charge in [-0.25, -0.2) is 4.79 Å². The van der Waals surface area contributed by atoms with Crippen LogP contribution in [0.2, 0.25) is 0 Å². The molecule has 0 unspecified atom stereocenters. The number of amides is 2. The predicted octanol–water partition coefficient (Wildman–Crippen LogP) is 2.94. The fourth-order valence-corrected chi connectivity index (χ4v) is 2.71. The molecule has 144 valence electrons. The predicted molar refractivity (Wildman–Crippen MR) is 103 cm³/mol. The molecule has 0 saturated heterocycles. The van der Waals surface area contributed by atoms with Crippen molar-refractivity contribution >= 4 is 34.2 Å². The SMILES string of the molecule is CC(=O)NCCCCCC(=O)Nc1ccc(OCC(=O)O)c2ccccc12. The van der Waals surface area contributed by atoms with Gasteiger partial charge in [0.15, 0.2) is 6.61 Å². The van der Waals surface area contributed by atoms with Crippen LogP contribution in [0.3, 0.4) is 0 Å². The monoisotopic (exact) mass is 372 g/mol. The fraction of sp³-hybridized carbons (Fsp3) is 0.350. The summed E-state index contributed by atoms with van der Waals surface area (Å²) in [5, 5.41) is 15.9. The Kier molecular flexibility index (Phi) is 7.61. The van der Waals surface area contributed by atoms with Crippen LogP contribution in [0.25, 0.3) is 10.8 Å². The lowest BCUT2D eigenvalue weighted by atomic mass is 10.1. The zero-order valence-corrected chi connectivity index (χ0v) is 15.3. The highest BCUT2D eigenvalue weighted by molar-refractivity contribution is 6.04. The van der Waals surface area contributed by atoms with E-state index in [1.165, 1.54) is 6.92 Å². The van der Waals surface area contributed by atoms with Crippen molar-refractivity contribution in [1.82, 2.24) is 5.32 Å². The van der Waals surface area contributed by atoms with Crippen molar-refractivity contribution in [3.8, 4) is 5.75 Å². The van der Waals surface area contributed by atoms with Crippen LogP contribution in [-0.4, -0.2) is 36.0 Å². The van der Waals surface area contributed by atoms with E-state index in [0.29, 0.717) is 24.4 Å². The number of rotatable bonds is 10. The van der Waals surface area contributed by atoms with Gasteiger partial charge >= 0.3 is 5.97 Å². The molecule has 2 amide bonds. The second kappa shape index (κ2) is 10.2. The number of benzene rings is 2. The summed E-state index contributed by atoms with van der Waals surface area (Å²) in [5.41, 5.74) is 0.663. The zero-order chi connectivity index (χ0) is 19.6. The number of unbranched alkanes of at least 4 members (excludes halogenated alkanes) is 2. The molecule has 0 aliphatic heterocycles. The first-order chi connectivity index (χ1) is 13.0. The Balaban J connectivity index is 1.94. The van der Waals surface area contributed by atoms with Gasteiger partial charge in [-0.05, 0) is 25.0 Å². The number of anilines is 1. The molecule has 0 bridgehead atoms. The molecular formula is C20H24N2O5. The quantitative estimate of drug-likeness (QED) is 0.556. The minimum absolute atomic E-state index is 0.0459. The van der Waals surface area contributed by atoms with Crippen LogP contribution in [0, 0.1) is 0 Å². The second-order valence-corrected chi connectivity index (χ2v) is 6.18. The van der Waals surface area contributed by atoms with Crippen LogP contribution in [-0.2, 0) is 14.4 Å². The van der Waals surface area contributed by atoms with Gasteiger partial charge in [-0.15, -0.1) is 0 Å². The van der Waals surface area contributed by atoms with Crippen molar-refractivity contribution in [3.63, 3.8) is 0 Å². The van der Waals surface area contributed by atoms with Crippen molar-refractivity contribution < 1.29 is 24.2 Å². The van der Waals surface area contributed by atoms with E-state index in [1.807, 2.05) is 24.3 Å². The molecule has 7 nitrogen and oxygen atoms in total. The number of carbonyl (C=O) groups is 3. The molecule has 2 rings (SSSR count). The van der Waals surface area contributed by atoms with Gasteiger partial charge in [0.1, 0.15) is 5.75 Å². The number of fused-ring (bicyclic) bond motifs is 1. The minimum atomic E-state index is -1.05. The molecule has 0 heterocycles. The van der Waals surface area contributed by atoms with Gasteiger partial charge in [0.2, 0.25) is 11.8 Å². The van der Waals surface area contributed by atoms with E-state index in [0.717, 1.165) is 30.0 Å². The summed E-state index contributed by atoms with van der Waals surface area (Å²) in [5.74, 6) is -0.715. The van der Waals surface area contributed by atoms with Gasteiger partial charge in [-0.2, -0.15) is 0 Å². The van der Waals surface area contributed by atoms with Crippen LogP contribution < -0.4 is 15.4 Å². The van der Waals surface area contributed by atoms with Gasteiger partial charge in [0.05, 0.1) is 0 Å². The lowest BCUT2D eigenvalue weighted by Crippen LogP contribution is -2.20. The third-order valence-electron chi connectivity index (χ3n) is 3.96. The Hall–Kier alpha value is -3.09. The first-order valence-corrected chi connectivity index (χ1v) is 8.88. The Bertz CT molecular complexity index is 819. The smallest absolute Gasteiger partial charge is 0.341 e. The van der Waals surface area contributed by atoms with Crippen molar-refractivity contribution in [2.75, 3.05) is 18.5 Å². The van der Waals surface area contributed by atoms with Crippen LogP contribution in [0.1, 0.15) is 32.6 Å². The lowest BCUT2D eigenvalue weighted by Gasteiger charge is -2.12. The molecule has 0 aliphatic rings. The summed E-state index contributed by atoms with van der Waals surface area (Å²) in [4.78, 5) is 33.7. The van der Waals surface area contributed by atoms with Crippen molar-refractivity contribution in [1.29, 1.82) is 0 Å². The summed E-state index contributed by atoms with van der Waals surface area (Å²) in [6.07, 6.45) is 2.83. The third-order valence-corrected chi connectivity index (χ3v) is 3.96. The van der Waals surface area contributed by atoms with Crippen molar-refractivity contribution in [2.24, 2.45) is 0 Å².